The highest BCUT2D eigenvalue weighted by molar-refractivity contribution is 5.84. The zero-order chi connectivity index (χ0) is 33.4. The number of fused-ring (bicyclic) bond motifs is 8. The van der Waals surface area contributed by atoms with Gasteiger partial charge in [0.05, 0.1) is 37.5 Å². The van der Waals surface area contributed by atoms with Crippen molar-refractivity contribution in [3.63, 3.8) is 0 Å². The van der Waals surface area contributed by atoms with Crippen molar-refractivity contribution in [3.05, 3.63) is 97.4 Å². The molecule has 0 spiro atoms. The van der Waals surface area contributed by atoms with Crippen LogP contribution in [-0.4, -0.2) is 98.9 Å². The molecule has 0 amide bonds. The highest BCUT2D eigenvalue weighted by Crippen LogP contribution is 2.43. The Morgan fingerprint density at radius 2 is 1.10 bits per heavy atom. The van der Waals surface area contributed by atoms with Crippen molar-refractivity contribution in [1.29, 1.82) is 0 Å². The lowest BCUT2D eigenvalue weighted by Crippen LogP contribution is -2.54. The van der Waals surface area contributed by atoms with E-state index in [2.05, 4.69) is 45.1 Å². The number of piperidine rings is 6. The first-order valence-corrected chi connectivity index (χ1v) is 17.4. The Hall–Kier alpha value is -3.94. The molecule has 6 saturated heterocycles. The van der Waals surface area contributed by atoms with Gasteiger partial charge in [-0.25, -0.2) is 0 Å². The van der Waals surface area contributed by atoms with Crippen LogP contribution in [0.4, 0.5) is 0 Å². The van der Waals surface area contributed by atoms with Crippen LogP contribution in [0.2, 0.25) is 0 Å². The molecule has 6 aliphatic heterocycles. The second-order valence-electron chi connectivity index (χ2n) is 13.9. The number of rotatable bonds is 8. The van der Waals surface area contributed by atoms with Gasteiger partial charge in [0.2, 0.25) is 0 Å². The van der Waals surface area contributed by atoms with Crippen molar-refractivity contribution >= 4 is 21.8 Å². The number of aromatic nitrogens is 2. The lowest BCUT2D eigenvalue weighted by molar-refractivity contribution is -0.0445. The van der Waals surface area contributed by atoms with Crippen LogP contribution in [0, 0.1) is 23.7 Å². The van der Waals surface area contributed by atoms with Crippen LogP contribution in [0.25, 0.3) is 21.8 Å². The van der Waals surface area contributed by atoms with Crippen molar-refractivity contribution in [3.8, 4) is 11.5 Å². The number of nitrogens with zero attached hydrogens (tertiary/aromatic N) is 4. The fourth-order valence-corrected chi connectivity index (χ4v) is 8.89. The largest absolute Gasteiger partial charge is 0.497 e. The van der Waals surface area contributed by atoms with E-state index in [1.165, 1.54) is 12.8 Å². The monoisotopic (exact) mass is 702 g/mol. The summed E-state index contributed by atoms with van der Waals surface area (Å²) in [4.78, 5) is 13.7. The average Bonchev–Trinajstić information content (AvgIpc) is 3.16. The van der Waals surface area contributed by atoms with Gasteiger partial charge in [0.25, 0.3) is 0 Å². The molecule has 10 rings (SSSR count). The molecule has 11 heteroatoms. The van der Waals surface area contributed by atoms with E-state index in [0.29, 0.717) is 23.7 Å². The van der Waals surface area contributed by atoms with E-state index < -0.39 is 12.2 Å². The van der Waals surface area contributed by atoms with Crippen molar-refractivity contribution < 1.29 is 36.1 Å². The third-order valence-electron chi connectivity index (χ3n) is 11.6. The Kier molecular flexibility index (Phi) is 13.3. The van der Waals surface area contributed by atoms with Crippen LogP contribution in [0.1, 0.15) is 49.0 Å². The second-order valence-corrected chi connectivity index (χ2v) is 13.9. The summed E-state index contributed by atoms with van der Waals surface area (Å²) >= 11 is 0. The summed E-state index contributed by atoms with van der Waals surface area (Å²) in [5.74, 6) is 4.01. The SMILES string of the molecule is C=C[C@H]1CN2CC[C@H]1C[C@@H]2[C@@H](O)c1ccnc2ccc(OC)cc12.C=C[C@H]1CN2CC[C@H]1C[C@@H]2[C@@H](O)c1ccnc2ccc(OC)cc12.O.O.O. The van der Waals surface area contributed by atoms with Gasteiger partial charge in [-0.15, -0.1) is 13.2 Å². The highest BCUT2D eigenvalue weighted by atomic mass is 16.5. The summed E-state index contributed by atoms with van der Waals surface area (Å²) in [6.07, 6.45) is 11.2. The van der Waals surface area contributed by atoms with Crippen molar-refractivity contribution in [2.45, 2.75) is 50.0 Å². The molecule has 2 aromatic carbocycles. The van der Waals surface area contributed by atoms with Crippen LogP contribution < -0.4 is 9.47 Å². The van der Waals surface area contributed by atoms with Crippen LogP contribution in [0.5, 0.6) is 11.5 Å². The van der Waals surface area contributed by atoms with E-state index in [1.807, 2.05) is 48.5 Å². The minimum Gasteiger partial charge on any atom is -0.497 e. The Bertz CT molecular complexity index is 1660. The number of benzene rings is 2. The van der Waals surface area contributed by atoms with E-state index in [0.717, 1.165) is 83.5 Å². The predicted molar refractivity (Wildman–Crippen MR) is 201 cm³/mol. The van der Waals surface area contributed by atoms with Crippen LogP contribution in [0.3, 0.4) is 0 Å². The lowest BCUT2D eigenvalue weighted by Gasteiger charge is -2.50. The van der Waals surface area contributed by atoms with Crippen LogP contribution in [0.15, 0.2) is 86.2 Å². The van der Waals surface area contributed by atoms with E-state index in [4.69, 9.17) is 9.47 Å². The molecule has 10 atom stereocenters. The van der Waals surface area contributed by atoms with E-state index in [1.54, 1.807) is 26.6 Å². The molecule has 51 heavy (non-hydrogen) atoms. The molecule has 8 N–H and O–H groups in total. The first kappa shape index (κ1) is 39.8. The Morgan fingerprint density at radius 3 is 1.43 bits per heavy atom. The number of hydrogen-bond acceptors (Lipinski definition) is 8. The molecule has 0 saturated carbocycles. The zero-order valence-electron chi connectivity index (χ0n) is 29.6. The maximum Gasteiger partial charge on any atom is 0.119 e. The summed E-state index contributed by atoms with van der Waals surface area (Å²) in [5.41, 5.74) is 3.69. The molecule has 6 fully saturated rings. The van der Waals surface area contributed by atoms with E-state index >= 15 is 0 Å². The van der Waals surface area contributed by atoms with Gasteiger partial charge in [-0.1, -0.05) is 12.2 Å². The number of hydrogen-bond donors (Lipinski definition) is 2. The fraction of sp³-hybridized carbons (Fsp3) is 0.450. The number of aliphatic hydroxyl groups is 2. The predicted octanol–water partition coefficient (Wildman–Crippen LogP) is 3.87. The van der Waals surface area contributed by atoms with Crippen molar-refractivity contribution in [2.75, 3.05) is 40.4 Å². The molecule has 4 bridgehead atoms. The first-order chi connectivity index (χ1) is 23.4. The van der Waals surface area contributed by atoms with Gasteiger partial charge in [-0.2, -0.15) is 0 Å². The average molecular weight is 703 g/mol. The lowest BCUT2D eigenvalue weighted by atomic mass is 9.73. The Morgan fingerprint density at radius 1 is 0.686 bits per heavy atom. The third kappa shape index (κ3) is 7.66. The Labute approximate surface area is 300 Å². The summed E-state index contributed by atoms with van der Waals surface area (Å²) in [7, 11) is 3.32. The maximum absolute atomic E-state index is 11.2. The van der Waals surface area contributed by atoms with Gasteiger partial charge >= 0.3 is 0 Å². The normalized spacial score (nSPS) is 28.5. The molecule has 0 aliphatic carbocycles. The van der Waals surface area contributed by atoms with Gasteiger partial charge in [0.1, 0.15) is 11.5 Å². The zero-order valence-corrected chi connectivity index (χ0v) is 29.6. The molecule has 2 aromatic heterocycles. The van der Waals surface area contributed by atoms with Gasteiger partial charge in [-0.05, 0) is 122 Å². The molecular formula is C40H54N4O7. The molecule has 0 radical (unpaired) electrons. The molecule has 4 aromatic rings. The van der Waals surface area contributed by atoms with Crippen molar-refractivity contribution in [1.82, 2.24) is 19.8 Å². The fourth-order valence-electron chi connectivity index (χ4n) is 8.89. The number of aliphatic hydroxyl groups excluding tert-OH is 2. The third-order valence-corrected chi connectivity index (χ3v) is 11.6. The van der Waals surface area contributed by atoms with E-state index in [-0.39, 0.29) is 28.5 Å². The summed E-state index contributed by atoms with van der Waals surface area (Å²) in [6.45, 7) is 12.1. The van der Waals surface area contributed by atoms with Crippen molar-refractivity contribution in [2.24, 2.45) is 23.7 Å². The highest BCUT2D eigenvalue weighted by Gasteiger charge is 2.43. The number of ether oxygens (including phenoxy) is 2. The van der Waals surface area contributed by atoms with Crippen LogP contribution >= 0.6 is 0 Å². The van der Waals surface area contributed by atoms with Crippen LogP contribution in [-0.2, 0) is 0 Å². The quantitative estimate of drug-likeness (QED) is 0.259. The molecule has 8 heterocycles. The Balaban J connectivity index is 0.000000216. The van der Waals surface area contributed by atoms with E-state index in [9.17, 15) is 10.2 Å². The molecule has 6 aliphatic rings. The molecular weight excluding hydrogens is 648 g/mol. The van der Waals surface area contributed by atoms with Gasteiger partial charge < -0.3 is 36.1 Å². The standard InChI is InChI=1S/2C20H24N2O2.3H2O/c2*1-3-13-12-22-9-7-14(13)10-19(22)20(23)16-6-8-21-18-5-4-15(24-2)11-17(16)18;;;/h2*3-6,8,11,13-14,19-20,23H,1,7,9-10,12H2,2H3;3*1H2/t2*13-,14-,19+,20-;;;/m00.../s1. The number of methoxy groups -OCH3 is 2. The smallest absolute Gasteiger partial charge is 0.119 e. The minimum absolute atomic E-state index is 0. The first-order valence-electron chi connectivity index (χ1n) is 17.4. The summed E-state index contributed by atoms with van der Waals surface area (Å²) in [6, 6.07) is 15.9. The maximum atomic E-state index is 11.2. The van der Waals surface area contributed by atoms with Gasteiger partial charge in [0, 0.05) is 48.3 Å². The molecule has 276 valence electrons. The second kappa shape index (κ2) is 17.1. The van der Waals surface area contributed by atoms with Gasteiger partial charge in [0.15, 0.2) is 0 Å². The topological polar surface area (TPSA) is 186 Å². The van der Waals surface area contributed by atoms with Gasteiger partial charge in [-0.3, -0.25) is 19.8 Å². The minimum atomic E-state index is -0.504. The molecule has 11 nitrogen and oxygen atoms in total. The summed E-state index contributed by atoms with van der Waals surface area (Å²) < 4.78 is 10.7. The number of pyridine rings is 2. The molecule has 2 unspecified atom stereocenters. The summed E-state index contributed by atoms with van der Waals surface area (Å²) in [5, 5.41) is 24.3.